The molecule has 1 aliphatic rings. The molecule has 0 radical (unpaired) electrons. The average molecular weight is 461 g/mol. The third-order valence-electron chi connectivity index (χ3n) is 6.64. The van der Waals surface area contributed by atoms with Gasteiger partial charge >= 0.3 is 0 Å². The van der Waals surface area contributed by atoms with Gasteiger partial charge < -0.3 is 10.6 Å². The van der Waals surface area contributed by atoms with Crippen LogP contribution in [0, 0.1) is 25.2 Å². The highest BCUT2D eigenvalue weighted by Gasteiger charge is 2.34. The van der Waals surface area contributed by atoms with E-state index in [0.717, 1.165) is 41.6 Å². The summed E-state index contributed by atoms with van der Waals surface area (Å²) in [6, 6.07) is 15.3. The predicted molar refractivity (Wildman–Crippen MR) is 138 cm³/mol. The number of anilines is 2. The monoisotopic (exact) mass is 460 g/mol. The van der Waals surface area contributed by atoms with Crippen molar-refractivity contribution in [3.8, 4) is 0 Å². The van der Waals surface area contributed by atoms with Gasteiger partial charge in [0.2, 0.25) is 0 Å². The summed E-state index contributed by atoms with van der Waals surface area (Å²) in [6.45, 7) is 10.8. The van der Waals surface area contributed by atoms with Crippen LogP contribution in [0.2, 0.25) is 0 Å². The molecule has 5 heteroatoms. The number of thiophene rings is 1. The summed E-state index contributed by atoms with van der Waals surface area (Å²) < 4.78 is 0. The Bertz CT molecular complexity index is 1190. The summed E-state index contributed by atoms with van der Waals surface area (Å²) >= 11 is 1.56. The van der Waals surface area contributed by atoms with Crippen LogP contribution in [0.4, 0.5) is 10.7 Å². The molecule has 0 saturated carbocycles. The molecule has 0 fully saturated rings. The SMILES string of the molecule is Cc1ccc(NC(=O)c2c(NC(=O)c3ccccc3C)sc3c2CC[C@@H](C(C)(C)C)C3)cc1. The van der Waals surface area contributed by atoms with Crippen molar-refractivity contribution in [1.29, 1.82) is 0 Å². The smallest absolute Gasteiger partial charge is 0.258 e. The number of carbonyl (C=O) groups excluding carboxylic acids is 2. The second kappa shape index (κ2) is 9.14. The highest BCUT2D eigenvalue weighted by Crippen LogP contribution is 2.44. The van der Waals surface area contributed by atoms with Crippen LogP contribution in [0.15, 0.2) is 48.5 Å². The van der Waals surface area contributed by atoms with Crippen LogP contribution in [0.1, 0.15) is 69.5 Å². The Labute approximate surface area is 200 Å². The molecule has 1 aliphatic carbocycles. The fourth-order valence-corrected chi connectivity index (χ4v) is 5.80. The number of rotatable bonds is 4. The van der Waals surface area contributed by atoms with E-state index >= 15 is 0 Å². The molecule has 4 rings (SSSR count). The molecule has 1 aromatic heterocycles. The van der Waals surface area contributed by atoms with Crippen LogP contribution in [-0.4, -0.2) is 11.8 Å². The third-order valence-corrected chi connectivity index (χ3v) is 7.81. The zero-order chi connectivity index (χ0) is 23.8. The molecule has 3 aromatic rings. The van der Waals surface area contributed by atoms with Crippen molar-refractivity contribution < 1.29 is 9.59 Å². The fourth-order valence-electron chi connectivity index (χ4n) is 4.48. The first-order valence-corrected chi connectivity index (χ1v) is 12.3. The largest absolute Gasteiger partial charge is 0.322 e. The van der Waals surface area contributed by atoms with E-state index in [-0.39, 0.29) is 17.2 Å². The summed E-state index contributed by atoms with van der Waals surface area (Å²) in [5.74, 6) is 0.214. The molecule has 0 saturated heterocycles. The number of fused-ring (bicyclic) bond motifs is 1. The van der Waals surface area contributed by atoms with E-state index in [0.29, 0.717) is 22.0 Å². The Morgan fingerprint density at radius 3 is 2.30 bits per heavy atom. The van der Waals surface area contributed by atoms with E-state index < -0.39 is 0 Å². The molecule has 0 unspecified atom stereocenters. The Hall–Kier alpha value is -2.92. The molecular formula is C28H32N2O2S. The van der Waals surface area contributed by atoms with Gasteiger partial charge in [0.15, 0.2) is 0 Å². The minimum Gasteiger partial charge on any atom is -0.322 e. The maximum atomic E-state index is 13.5. The number of hydrogen-bond acceptors (Lipinski definition) is 3. The quantitative estimate of drug-likeness (QED) is 0.439. The second-order valence-electron chi connectivity index (χ2n) is 10.1. The van der Waals surface area contributed by atoms with E-state index in [2.05, 4.69) is 31.4 Å². The van der Waals surface area contributed by atoms with Gasteiger partial charge in [-0.1, -0.05) is 56.7 Å². The molecule has 2 amide bonds. The molecule has 2 aromatic carbocycles. The normalized spacial score (nSPS) is 15.6. The Morgan fingerprint density at radius 1 is 0.939 bits per heavy atom. The highest BCUT2D eigenvalue weighted by atomic mass is 32.1. The number of benzene rings is 2. The summed E-state index contributed by atoms with van der Waals surface area (Å²) in [5, 5.41) is 6.76. The molecule has 1 atom stereocenters. The highest BCUT2D eigenvalue weighted by molar-refractivity contribution is 7.17. The van der Waals surface area contributed by atoms with Gasteiger partial charge in [-0.15, -0.1) is 11.3 Å². The Balaban J connectivity index is 1.69. The van der Waals surface area contributed by atoms with Gasteiger partial charge in [-0.05, 0) is 73.8 Å². The Kier molecular flexibility index (Phi) is 6.44. The summed E-state index contributed by atoms with van der Waals surface area (Å²) in [6.07, 6.45) is 2.84. The van der Waals surface area contributed by atoms with Crippen LogP contribution < -0.4 is 10.6 Å². The van der Waals surface area contributed by atoms with E-state index in [1.54, 1.807) is 11.3 Å². The van der Waals surface area contributed by atoms with Crippen LogP contribution >= 0.6 is 11.3 Å². The lowest BCUT2D eigenvalue weighted by Gasteiger charge is -2.33. The van der Waals surface area contributed by atoms with Crippen LogP contribution in [0.3, 0.4) is 0 Å². The van der Waals surface area contributed by atoms with Crippen LogP contribution in [0.5, 0.6) is 0 Å². The van der Waals surface area contributed by atoms with Crippen molar-refractivity contribution in [2.75, 3.05) is 10.6 Å². The van der Waals surface area contributed by atoms with Crippen molar-refractivity contribution >= 4 is 33.8 Å². The number of carbonyl (C=O) groups is 2. The maximum absolute atomic E-state index is 13.5. The molecule has 0 bridgehead atoms. The first-order valence-electron chi connectivity index (χ1n) is 11.5. The third kappa shape index (κ3) is 5.03. The summed E-state index contributed by atoms with van der Waals surface area (Å²) in [7, 11) is 0. The van der Waals surface area contributed by atoms with E-state index in [1.807, 2.05) is 62.4 Å². The molecule has 2 N–H and O–H groups in total. The van der Waals surface area contributed by atoms with E-state index in [9.17, 15) is 9.59 Å². The number of amides is 2. The fraction of sp³-hybridized carbons (Fsp3) is 0.357. The van der Waals surface area contributed by atoms with Gasteiger partial charge in [-0.25, -0.2) is 0 Å². The van der Waals surface area contributed by atoms with Gasteiger partial charge in [-0.3, -0.25) is 9.59 Å². The molecule has 33 heavy (non-hydrogen) atoms. The number of hydrogen-bond donors (Lipinski definition) is 2. The molecule has 0 spiro atoms. The van der Waals surface area contributed by atoms with Crippen molar-refractivity contribution in [2.24, 2.45) is 11.3 Å². The van der Waals surface area contributed by atoms with Crippen LogP contribution in [-0.2, 0) is 12.8 Å². The minimum absolute atomic E-state index is 0.161. The van der Waals surface area contributed by atoms with Gasteiger partial charge in [0.05, 0.1) is 5.56 Å². The zero-order valence-electron chi connectivity index (χ0n) is 20.0. The Morgan fingerprint density at radius 2 is 1.64 bits per heavy atom. The predicted octanol–water partition coefficient (Wildman–Crippen LogP) is 7.02. The molecule has 1 heterocycles. The lowest BCUT2D eigenvalue weighted by molar-refractivity contribution is 0.102. The lowest BCUT2D eigenvalue weighted by atomic mass is 9.72. The maximum Gasteiger partial charge on any atom is 0.258 e. The van der Waals surface area contributed by atoms with Crippen molar-refractivity contribution in [1.82, 2.24) is 0 Å². The van der Waals surface area contributed by atoms with E-state index in [1.165, 1.54) is 4.88 Å². The molecule has 0 aliphatic heterocycles. The van der Waals surface area contributed by atoms with Gasteiger partial charge in [0.25, 0.3) is 11.8 Å². The topological polar surface area (TPSA) is 58.2 Å². The van der Waals surface area contributed by atoms with Crippen molar-refractivity contribution in [3.63, 3.8) is 0 Å². The van der Waals surface area contributed by atoms with Crippen molar-refractivity contribution in [3.05, 3.63) is 81.2 Å². The average Bonchev–Trinajstić information content (AvgIpc) is 3.12. The summed E-state index contributed by atoms with van der Waals surface area (Å²) in [4.78, 5) is 27.8. The van der Waals surface area contributed by atoms with Crippen molar-refractivity contribution in [2.45, 2.75) is 53.9 Å². The van der Waals surface area contributed by atoms with Crippen LogP contribution in [0.25, 0.3) is 0 Å². The second-order valence-corrected chi connectivity index (χ2v) is 11.2. The standard InChI is InChI=1S/C28H32N2O2S/c1-17-10-13-20(14-11-17)29-26(32)24-22-15-12-19(28(3,4)5)16-23(22)33-27(24)30-25(31)21-9-7-6-8-18(21)2/h6-11,13-14,19H,12,15-16H2,1-5H3,(H,29,32)(H,30,31)/t19-/m1/s1. The number of nitrogens with one attached hydrogen (secondary N) is 2. The number of aryl methyl sites for hydroxylation is 2. The van der Waals surface area contributed by atoms with Gasteiger partial charge in [0, 0.05) is 16.1 Å². The molecular weight excluding hydrogens is 428 g/mol. The summed E-state index contributed by atoms with van der Waals surface area (Å²) in [5.41, 5.74) is 5.34. The molecule has 172 valence electrons. The van der Waals surface area contributed by atoms with E-state index in [4.69, 9.17) is 0 Å². The zero-order valence-corrected chi connectivity index (χ0v) is 20.9. The first kappa shape index (κ1) is 23.2. The first-order chi connectivity index (χ1) is 15.6. The van der Waals surface area contributed by atoms with Gasteiger partial charge in [0.1, 0.15) is 5.00 Å². The lowest BCUT2D eigenvalue weighted by Crippen LogP contribution is -2.27. The molecule has 4 nitrogen and oxygen atoms in total. The van der Waals surface area contributed by atoms with Gasteiger partial charge in [-0.2, -0.15) is 0 Å². The minimum atomic E-state index is -0.177.